The van der Waals surface area contributed by atoms with E-state index in [0.29, 0.717) is 6.54 Å². The van der Waals surface area contributed by atoms with Crippen LogP contribution in [0.4, 0.5) is 0 Å². The van der Waals surface area contributed by atoms with Crippen LogP contribution in [0.1, 0.15) is 16.7 Å². The van der Waals surface area contributed by atoms with E-state index in [1.54, 1.807) is 11.3 Å². The number of aliphatic hydroxyl groups excluding tert-OH is 1. The molecule has 0 fully saturated rings. The Morgan fingerprint density at radius 3 is 2.85 bits per heavy atom. The third-order valence-corrected chi connectivity index (χ3v) is 2.61. The van der Waals surface area contributed by atoms with E-state index < -0.39 is 6.10 Å². The Labute approximate surface area is 81.4 Å². The first-order valence-corrected chi connectivity index (χ1v) is 4.92. The number of carbonyl (C=O) groups is 1. The Balaban J connectivity index is 2.39. The molecule has 2 N–H and O–H groups in total. The number of hydrogen-bond donors (Lipinski definition) is 2. The summed E-state index contributed by atoms with van der Waals surface area (Å²) in [4.78, 5) is 13.3. The molecule has 0 radical (unpaired) electrons. The number of hydrogen-bond acceptors (Lipinski definition) is 3. The molecule has 0 saturated heterocycles. The first kappa shape index (κ1) is 10.2. The molecule has 1 rings (SSSR count). The maximum Gasteiger partial charge on any atom is 0.248 e. The number of rotatable bonds is 3. The Morgan fingerprint density at radius 2 is 2.38 bits per heavy atom. The van der Waals surface area contributed by atoms with E-state index in [9.17, 15) is 4.79 Å². The summed E-state index contributed by atoms with van der Waals surface area (Å²) in [6.45, 7) is 3.97. The number of amides is 1. The minimum Gasteiger partial charge on any atom is -0.384 e. The van der Waals surface area contributed by atoms with E-state index in [2.05, 4.69) is 5.32 Å². The molecule has 1 atom stereocenters. The second-order valence-electron chi connectivity index (χ2n) is 2.91. The lowest BCUT2D eigenvalue weighted by Crippen LogP contribution is -2.31. The highest BCUT2D eigenvalue weighted by Gasteiger charge is 2.07. The second-order valence-corrected chi connectivity index (χ2v) is 4.28. The van der Waals surface area contributed by atoms with Crippen molar-refractivity contribution in [2.24, 2.45) is 0 Å². The van der Waals surface area contributed by atoms with Gasteiger partial charge in [0.1, 0.15) is 6.10 Å². The minimum absolute atomic E-state index is 0.328. The smallest absolute Gasteiger partial charge is 0.248 e. The molecular weight excluding hydrogens is 186 g/mol. The van der Waals surface area contributed by atoms with Crippen molar-refractivity contribution >= 4 is 17.2 Å². The number of carbonyl (C=O) groups excluding carboxylic acids is 1. The van der Waals surface area contributed by atoms with Crippen LogP contribution in [0, 0.1) is 6.92 Å². The molecular formula is C9H13NO2S. The largest absolute Gasteiger partial charge is 0.384 e. The highest BCUT2D eigenvalue weighted by molar-refractivity contribution is 7.11. The molecule has 0 aromatic carbocycles. The quantitative estimate of drug-likeness (QED) is 0.764. The molecule has 0 unspecified atom stereocenters. The van der Waals surface area contributed by atoms with Gasteiger partial charge < -0.3 is 10.4 Å². The predicted molar refractivity (Wildman–Crippen MR) is 52.6 cm³/mol. The van der Waals surface area contributed by atoms with Crippen molar-refractivity contribution < 1.29 is 9.90 Å². The lowest BCUT2D eigenvalue weighted by atomic mass is 10.3. The van der Waals surface area contributed by atoms with Gasteiger partial charge in [-0.3, -0.25) is 4.79 Å². The summed E-state index contributed by atoms with van der Waals surface area (Å²) in [5.41, 5.74) is 0. The molecule has 0 saturated carbocycles. The van der Waals surface area contributed by atoms with Crippen molar-refractivity contribution in [1.29, 1.82) is 0 Å². The van der Waals surface area contributed by atoms with Crippen LogP contribution >= 0.6 is 11.3 Å². The summed E-state index contributed by atoms with van der Waals surface area (Å²) in [5.74, 6) is -0.328. The molecule has 0 aliphatic carbocycles. The topological polar surface area (TPSA) is 49.3 Å². The molecule has 1 amide bonds. The van der Waals surface area contributed by atoms with Crippen molar-refractivity contribution in [3.05, 3.63) is 21.9 Å². The Hall–Kier alpha value is -0.870. The van der Waals surface area contributed by atoms with Gasteiger partial charge in [-0.2, -0.15) is 0 Å². The van der Waals surface area contributed by atoms with Crippen LogP contribution < -0.4 is 5.32 Å². The first-order valence-electron chi connectivity index (χ1n) is 4.10. The normalized spacial score (nSPS) is 12.5. The van der Waals surface area contributed by atoms with Gasteiger partial charge in [-0.25, -0.2) is 0 Å². The molecule has 13 heavy (non-hydrogen) atoms. The van der Waals surface area contributed by atoms with E-state index in [1.807, 2.05) is 19.1 Å². The maximum absolute atomic E-state index is 11.0. The third-order valence-electron chi connectivity index (χ3n) is 1.61. The monoisotopic (exact) mass is 199 g/mol. The summed E-state index contributed by atoms with van der Waals surface area (Å²) in [7, 11) is 0. The zero-order chi connectivity index (χ0) is 9.84. The molecule has 3 nitrogen and oxygen atoms in total. The Bertz CT molecular complexity index is 294. The van der Waals surface area contributed by atoms with Crippen molar-refractivity contribution in [3.63, 3.8) is 0 Å². The fourth-order valence-corrected chi connectivity index (χ4v) is 1.73. The van der Waals surface area contributed by atoms with Crippen molar-refractivity contribution in [3.8, 4) is 0 Å². The Morgan fingerprint density at radius 1 is 1.69 bits per heavy atom. The van der Waals surface area contributed by atoms with Gasteiger partial charge in [-0.15, -0.1) is 11.3 Å². The number of nitrogens with one attached hydrogen (secondary N) is 1. The van der Waals surface area contributed by atoms with Crippen LogP contribution in [0.3, 0.4) is 0 Å². The van der Waals surface area contributed by atoms with Gasteiger partial charge in [0.15, 0.2) is 0 Å². The highest BCUT2D eigenvalue weighted by Crippen LogP contribution is 2.14. The van der Waals surface area contributed by atoms with Crippen LogP contribution in [0.25, 0.3) is 0 Å². The summed E-state index contributed by atoms with van der Waals surface area (Å²) >= 11 is 1.65. The van der Waals surface area contributed by atoms with Crippen molar-refractivity contribution in [1.82, 2.24) is 5.32 Å². The van der Waals surface area contributed by atoms with Crippen molar-refractivity contribution in [2.75, 3.05) is 0 Å². The third kappa shape index (κ3) is 3.16. The van der Waals surface area contributed by atoms with Crippen LogP contribution in [-0.4, -0.2) is 17.1 Å². The summed E-state index contributed by atoms with van der Waals surface area (Å²) in [6.07, 6.45) is -0.930. The number of aryl methyl sites for hydroxylation is 1. The molecule has 4 heteroatoms. The molecule has 0 aliphatic heterocycles. The van der Waals surface area contributed by atoms with Crippen LogP contribution in [0.2, 0.25) is 0 Å². The SMILES string of the molecule is Cc1ccc(CNC(=O)[C@H](C)O)s1. The summed E-state index contributed by atoms with van der Waals surface area (Å²) in [6, 6.07) is 3.98. The predicted octanol–water partition coefficient (Wildman–Crippen LogP) is 1.05. The molecule has 0 aliphatic rings. The molecule has 1 aromatic heterocycles. The Kier molecular flexibility index (Phi) is 3.45. The van der Waals surface area contributed by atoms with E-state index in [4.69, 9.17) is 5.11 Å². The van der Waals surface area contributed by atoms with E-state index in [-0.39, 0.29) is 5.91 Å². The fraction of sp³-hybridized carbons (Fsp3) is 0.444. The zero-order valence-electron chi connectivity index (χ0n) is 7.70. The minimum atomic E-state index is -0.930. The van der Waals surface area contributed by atoms with Gasteiger partial charge >= 0.3 is 0 Å². The van der Waals surface area contributed by atoms with Gasteiger partial charge in [-0.1, -0.05) is 0 Å². The molecule has 0 bridgehead atoms. The first-order chi connectivity index (χ1) is 6.09. The molecule has 1 heterocycles. The van der Waals surface area contributed by atoms with E-state index in [1.165, 1.54) is 11.8 Å². The zero-order valence-corrected chi connectivity index (χ0v) is 8.52. The second kappa shape index (κ2) is 4.39. The highest BCUT2D eigenvalue weighted by atomic mass is 32.1. The summed E-state index contributed by atoms with van der Waals surface area (Å²) in [5, 5.41) is 11.5. The van der Waals surface area contributed by atoms with Crippen LogP contribution in [0.5, 0.6) is 0 Å². The summed E-state index contributed by atoms with van der Waals surface area (Å²) < 4.78 is 0. The van der Waals surface area contributed by atoms with Gasteiger partial charge in [0.05, 0.1) is 6.54 Å². The van der Waals surface area contributed by atoms with Gasteiger partial charge in [0.25, 0.3) is 0 Å². The number of thiophene rings is 1. The fourth-order valence-electron chi connectivity index (χ4n) is 0.902. The van der Waals surface area contributed by atoms with Gasteiger partial charge in [0.2, 0.25) is 5.91 Å². The lowest BCUT2D eigenvalue weighted by Gasteiger charge is -2.04. The molecule has 72 valence electrons. The molecule has 1 aromatic rings. The average Bonchev–Trinajstić information content (AvgIpc) is 2.47. The standard InChI is InChI=1S/C9H13NO2S/c1-6-3-4-8(13-6)5-10-9(12)7(2)11/h3-4,7,11H,5H2,1-2H3,(H,10,12)/t7-/m0/s1. The van der Waals surface area contributed by atoms with Crippen molar-refractivity contribution in [2.45, 2.75) is 26.5 Å². The van der Waals surface area contributed by atoms with Crippen LogP contribution in [-0.2, 0) is 11.3 Å². The number of aliphatic hydroxyl groups is 1. The van der Waals surface area contributed by atoms with E-state index in [0.717, 1.165) is 4.88 Å². The van der Waals surface area contributed by atoms with Gasteiger partial charge in [0, 0.05) is 9.75 Å². The average molecular weight is 199 g/mol. The van der Waals surface area contributed by atoms with Gasteiger partial charge in [-0.05, 0) is 26.0 Å². The van der Waals surface area contributed by atoms with E-state index >= 15 is 0 Å². The lowest BCUT2D eigenvalue weighted by molar-refractivity contribution is -0.128. The van der Waals surface area contributed by atoms with Crippen LogP contribution in [0.15, 0.2) is 12.1 Å². The molecule has 0 spiro atoms. The maximum atomic E-state index is 11.0.